The third-order valence-corrected chi connectivity index (χ3v) is 6.13. The van der Waals surface area contributed by atoms with Crippen LogP contribution in [0.25, 0.3) is 0 Å². The van der Waals surface area contributed by atoms with E-state index >= 15 is 0 Å². The molecule has 1 N–H and O–H groups in total. The topological polar surface area (TPSA) is 59.1 Å². The van der Waals surface area contributed by atoms with Crippen LogP contribution in [0.3, 0.4) is 0 Å². The summed E-state index contributed by atoms with van der Waals surface area (Å²) in [7, 11) is 0. The highest BCUT2D eigenvalue weighted by atomic mass is 16.2. The molecule has 1 aromatic carbocycles. The van der Waals surface area contributed by atoms with E-state index in [-0.39, 0.29) is 11.8 Å². The van der Waals surface area contributed by atoms with E-state index in [0.717, 1.165) is 65.2 Å². The van der Waals surface area contributed by atoms with Crippen LogP contribution in [0, 0.1) is 6.92 Å². The van der Waals surface area contributed by atoms with Crippen LogP contribution in [0.4, 0.5) is 5.69 Å². The van der Waals surface area contributed by atoms with Crippen molar-refractivity contribution in [2.75, 3.05) is 70.3 Å². The van der Waals surface area contributed by atoms with E-state index in [1.165, 1.54) is 11.3 Å². The van der Waals surface area contributed by atoms with Gasteiger partial charge in [-0.05, 0) is 37.5 Å². The smallest absolute Gasteiger partial charge is 0.236 e. The summed E-state index contributed by atoms with van der Waals surface area (Å²) >= 11 is 0. The van der Waals surface area contributed by atoms with E-state index < -0.39 is 0 Å². The predicted molar refractivity (Wildman–Crippen MR) is 114 cm³/mol. The van der Waals surface area contributed by atoms with Gasteiger partial charge in [0.15, 0.2) is 0 Å². The van der Waals surface area contributed by atoms with Gasteiger partial charge in [-0.2, -0.15) is 0 Å². The number of hydrogen-bond donors (Lipinski definition) is 1. The minimum Gasteiger partial charge on any atom is -0.368 e. The van der Waals surface area contributed by atoms with E-state index in [4.69, 9.17) is 0 Å². The fourth-order valence-corrected chi connectivity index (χ4v) is 4.14. The molecule has 0 atom stereocenters. The molecule has 0 aromatic heterocycles. The van der Waals surface area contributed by atoms with Crippen molar-refractivity contribution in [1.29, 1.82) is 0 Å². The highest BCUT2D eigenvalue weighted by molar-refractivity contribution is 5.79. The van der Waals surface area contributed by atoms with Gasteiger partial charge in [-0.25, -0.2) is 0 Å². The van der Waals surface area contributed by atoms with Crippen LogP contribution in [-0.2, 0) is 9.59 Å². The molecule has 158 valence electrons. The number of aryl methyl sites for hydroxylation is 1. The molecule has 29 heavy (non-hydrogen) atoms. The summed E-state index contributed by atoms with van der Waals surface area (Å²) in [6.45, 7) is 9.85. The average Bonchev–Trinajstić information content (AvgIpc) is 3.53. The van der Waals surface area contributed by atoms with Crippen LogP contribution < -0.4 is 10.2 Å². The molecule has 1 aliphatic carbocycles. The standard InChI is InChI=1S/C22H33N5O2/c1-18-3-2-4-20(15-18)26-11-13-27(14-12-26)22(29)17-25-9-7-24(8-10-25)16-21(28)23-19-5-6-19/h2-4,15,19H,5-14,16-17H2,1H3,(H,23,28). The Morgan fingerprint density at radius 3 is 2.21 bits per heavy atom. The van der Waals surface area contributed by atoms with Crippen molar-refractivity contribution in [3.63, 3.8) is 0 Å². The summed E-state index contributed by atoms with van der Waals surface area (Å²) in [5.41, 5.74) is 2.52. The van der Waals surface area contributed by atoms with E-state index in [0.29, 0.717) is 19.1 Å². The molecule has 1 saturated carbocycles. The molecule has 7 heteroatoms. The molecule has 0 unspecified atom stereocenters. The van der Waals surface area contributed by atoms with Crippen LogP contribution >= 0.6 is 0 Å². The Hall–Kier alpha value is -2.12. The van der Waals surface area contributed by atoms with Crippen LogP contribution in [0.5, 0.6) is 0 Å². The maximum atomic E-state index is 12.7. The summed E-state index contributed by atoms with van der Waals surface area (Å²) in [6, 6.07) is 8.99. The third-order valence-electron chi connectivity index (χ3n) is 6.13. The average molecular weight is 400 g/mol. The molecule has 2 amide bonds. The van der Waals surface area contributed by atoms with Gasteiger partial charge in [-0.1, -0.05) is 12.1 Å². The molecular formula is C22H33N5O2. The highest BCUT2D eigenvalue weighted by Gasteiger charge is 2.27. The number of amides is 2. The van der Waals surface area contributed by atoms with Gasteiger partial charge < -0.3 is 15.1 Å². The number of benzene rings is 1. The van der Waals surface area contributed by atoms with Crippen molar-refractivity contribution in [2.45, 2.75) is 25.8 Å². The first-order valence-electron chi connectivity index (χ1n) is 10.9. The van der Waals surface area contributed by atoms with Gasteiger partial charge in [-0.3, -0.25) is 19.4 Å². The lowest BCUT2D eigenvalue weighted by molar-refractivity contribution is -0.133. The Morgan fingerprint density at radius 1 is 0.931 bits per heavy atom. The SMILES string of the molecule is Cc1cccc(N2CCN(C(=O)CN3CCN(CC(=O)NC4CC4)CC3)CC2)c1. The van der Waals surface area contributed by atoms with Crippen molar-refractivity contribution in [3.8, 4) is 0 Å². The molecular weight excluding hydrogens is 366 g/mol. The Labute approximate surface area is 173 Å². The minimum atomic E-state index is 0.142. The van der Waals surface area contributed by atoms with E-state index in [9.17, 15) is 9.59 Å². The molecule has 0 bridgehead atoms. The number of anilines is 1. The largest absolute Gasteiger partial charge is 0.368 e. The first kappa shape index (κ1) is 20.2. The zero-order valence-corrected chi connectivity index (χ0v) is 17.5. The summed E-state index contributed by atoms with van der Waals surface area (Å²) in [5, 5.41) is 3.05. The molecule has 2 heterocycles. The van der Waals surface area contributed by atoms with Gasteiger partial charge in [0.05, 0.1) is 13.1 Å². The molecule has 0 spiro atoms. The monoisotopic (exact) mass is 399 g/mol. The third kappa shape index (κ3) is 5.70. The molecule has 0 radical (unpaired) electrons. The quantitative estimate of drug-likeness (QED) is 0.757. The van der Waals surface area contributed by atoms with Crippen molar-refractivity contribution in [3.05, 3.63) is 29.8 Å². The van der Waals surface area contributed by atoms with E-state index in [2.05, 4.69) is 51.2 Å². The first-order chi connectivity index (χ1) is 14.1. The van der Waals surface area contributed by atoms with Crippen LogP contribution in [-0.4, -0.2) is 98.0 Å². The Balaban J connectivity index is 1.16. The molecule has 2 saturated heterocycles. The zero-order chi connectivity index (χ0) is 20.2. The Kier molecular flexibility index (Phi) is 6.35. The summed E-state index contributed by atoms with van der Waals surface area (Å²) in [4.78, 5) is 33.5. The number of nitrogens with zero attached hydrogens (tertiary/aromatic N) is 4. The molecule has 1 aromatic rings. The van der Waals surface area contributed by atoms with Crippen molar-refractivity contribution in [2.24, 2.45) is 0 Å². The Bertz CT molecular complexity index is 720. The van der Waals surface area contributed by atoms with Gasteiger partial charge in [0.2, 0.25) is 11.8 Å². The number of carbonyl (C=O) groups excluding carboxylic acids is 2. The second kappa shape index (κ2) is 9.13. The lowest BCUT2D eigenvalue weighted by atomic mass is 10.2. The second-order valence-electron chi connectivity index (χ2n) is 8.60. The van der Waals surface area contributed by atoms with Crippen LogP contribution in [0.2, 0.25) is 0 Å². The van der Waals surface area contributed by atoms with E-state index in [1.807, 2.05) is 4.90 Å². The maximum Gasteiger partial charge on any atom is 0.236 e. The number of rotatable bonds is 6. The van der Waals surface area contributed by atoms with Crippen LogP contribution in [0.15, 0.2) is 24.3 Å². The predicted octanol–water partition coefficient (Wildman–Crippen LogP) is 0.540. The number of nitrogens with one attached hydrogen (secondary N) is 1. The van der Waals surface area contributed by atoms with Gasteiger partial charge >= 0.3 is 0 Å². The minimum absolute atomic E-state index is 0.142. The fraction of sp³-hybridized carbons (Fsp3) is 0.636. The summed E-state index contributed by atoms with van der Waals surface area (Å²) in [6.07, 6.45) is 2.25. The normalized spacial score (nSPS) is 21.3. The maximum absolute atomic E-state index is 12.7. The van der Waals surface area contributed by atoms with Crippen LogP contribution in [0.1, 0.15) is 18.4 Å². The van der Waals surface area contributed by atoms with Crippen molar-refractivity contribution in [1.82, 2.24) is 20.0 Å². The van der Waals surface area contributed by atoms with Gasteiger partial charge in [0, 0.05) is 64.1 Å². The zero-order valence-electron chi connectivity index (χ0n) is 17.5. The lowest BCUT2D eigenvalue weighted by Gasteiger charge is -2.38. The van der Waals surface area contributed by atoms with Crippen molar-refractivity contribution < 1.29 is 9.59 Å². The number of piperazine rings is 2. The molecule has 3 aliphatic rings. The van der Waals surface area contributed by atoms with E-state index in [1.54, 1.807) is 0 Å². The second-order valence-corrected chi connectivity index (χ2v) is 8.60. The van der Waals surface area contributed by atoms with Gasteiger partial charge in [0.25, 0.3) is 0 Å². The summed E-state index contributed by atoms with van der Waals surface area (Å²) in [5.74, 6) is 0.373. The molecule has 4 rings (SSSR count). The van der Waals surface area contributed by atoms with Crippen molar-refractivity contribution >= 4 is 17.5 Å². The Morgan fingerprint density at radius 2 is 1.59 bits per heavy atom. The molecule has 2 aliphatic heterocycles. The highest BCUT2D eigenvalue weighted by Crippen LogP contribution is 2.19. The van der Waals surface area contributed by atoms with Gasteiger partial charge in [-0.15, -0.1) is 0 Å². The lowest BCUT2D eigenvalue weighted by Crippen LogP contribution is -2.54. The molecule has 7 nitrogen and oxygen atoms in total. The molecule has 3 fully saturated rings. The summed E-state index contributed by atoms with van der Waals surface area (Å²) < 4.78 is 0. The first-order valence-corrected chi connectivity index (χ1v) is 10.9. The number of hydrogen-bond acceptors (Lipinski definition) is 5. The fourth-order valence-electron chi connectivity index (χ4n) is 4.14. The number of carbonyl (C=O) groups is 2. The van der Waals surface area contributed by atoms with Gasteiger partial charge in [0.1, 0.15) is 0 Å².